The summed E-state index contributed by atoms with van der Waals surface area (Å²) in [5.74, 6) is -0.287. The predicted octanol–water partition coefficient (Wildman–Crippen LogP) is 3.52. The van der Waals surface area contributed by atoms with Crippen LogP contribution < -0.4 is 16.0 Å². The minimum absolute atomic E-state index is 0.0364. The highest BCUT2D eigenvalue weighted by molar-refractivity contribution is 5.91. The second-order valence-electron chi connectivity index (χ2n) is 8.38. The fraction of sp³-hybridized carbons (Fsp3) is 0.320. The second kappa shape index (κ2) is 10.6. The van der Waals surface area contributed by atoms with Crippen LogP contribution in [0.1, 0.15) is 38.3 Å². The molecule has 1 atom stereocenters. The number of aromatic amines is 1. The third-order valence-electron chi connectivity index (χ3n) is 5.06. The van der Waals surface area contributed by atoms with Crippen molar-refractivity contribution >= 4 is 34.3 Å². The van der Waals surface area contributed by atoms with Gasteiger partial charge in [0.05, 0.1) is 0 Å². The van der Waals surface area contributed by atoms with Crippen molar-refractivity contribution < 1.29 is 14.4 Å². The van der Waals surface area contributed by atoms with Crippen molar-refractivity contribution in [3.05, 3.63) is 65.9 Å². The second-order valence-corrected chi connectivity index (χ2v) is 8.38. The Morgan fingerprint density at radius 3 is 2.56 bits per heavy atom. The smallest absolute Gasteiger partial charge is 0.243 e. The summed E-state index contributed by atoms with van der Waals surface area (Å²) >= 11 is 0. The van der Waals surface area contributed by atoms with E-state index in [4.69, 9.17) is 0 Å². The third kappa shape index (κ3) is 6.44. The van der Waals surface area contributed by atoms with E-state index in [-0.39, 0.29) is 30.2 Å². The van der Waals surface area contributed by atoms with Crippen LogP contribution in [0.25, 0.3) is 10.9 Å². The molecule has 0 saturated heterocycles. The molecule has 2 aromatic carbocycles. The largest absolute Gasteiger partial charge is 0.361 e. The van der Waals surface area contributed by atoms with Crippen LogP contribution in [0.5, 0.6) is 0 Å². The lowest BCUT2D eigenvalue weighted by molar-refractivity contribution is -0.128. The van der Waals surface area contributed by atoms with Crippen molar-refractivity contribution in [3.63, 3.8) is 0 Å². The summed E-state index contributed by atoms with van der Waals surface area (Å²) in [6.07, 6.45) is 2.70. The lowest BCUT2D eigenvalue weighted by Crippen LogP contribution is -2.47. The number of nitrogens with one attached hydrogen (secondary N) is 4. The molecule has 0 saturated carbocycles. The van der Waals surface area contributed by atoms with E-state index in [1.54, 1.807) is 0 Å². The minimum Gasteiger partial charge on any atom is -0.361 e. The average molecular weight is 435 g/mol. The van der Waals surface area contributed by atoms with Crippen LogP contribution in [0.4, 0.5) is 5.69 Å². The number of hydrogen-bond acceptors (Lipinski definition) is 3. The van der Waals surface area contributed by atoms with Crippen LogP contribution in [0.2, 0.25) is 0 Å². The van der Waals surface area contributed by atoms with Gasteiger partial charge in [-0.2, -0.15) is 0 Å². The quantitative estimate of drug-likeness (QED) is 0.414. The predicted molar refractivity (Wildman–Crippen MR) is 126 cm³/mol. The van der Waals surface area contributed by atoms with Crippen molar-refractivity contribution in [1.29, 1.82) is 0 Å². The van der Waals surface area contributed by atoms with E-state index in [1.807, 2.05) is 68.6 Å². The Bertz CT molecular complexity index is 1100. The highest BCUT2D eigenvalue weighted by Crippen LogP contribution is 2.19. The molecule has 0 aliphatic carbocycles. The van der Waals surface area contributed by atoms with Gasteiger partial charge in [-0.25, -0.2) is 0 Å². The topological polar surface area (TPSA) is 103 Å². The molecule has 1 heterocycles. The van der Waals surface area contributed by atoms with E-state index in [2.05, 4.69) is 20.9 Å². The van der Waals surface area contributed by atoms with Gasteiger partial charge in [0, 0.05) is 49.1 Å². The van der Waals surface area contributed by atoms with Crippen molar-refractivity contribution in [1.82, 2.24) is 15.6 Å². The van der Waals surface area contributed by atoms with Crippen LogP contribution in [0.15, 0.2) is 54.7 Å². The molecule has 0 radical (unpaired) electrons. The summed E-state index contributed by atoms with van der Waals surface area (Å²) in [4.78, 5) is 39.8. The summed E-state index contributed by atoms with van der Waals surface area (Å²) in [6, 6.07) is 14.5. The zero-order valence-electron chi connectivity index (χ0n) is 18.7. The van der Waals surface area contributed by atoms with Crippen molar-refractivity contribution in [2.45, 2.75) is 46.2 Å². The Balaban J connectivity index is 1.65. The number of aromatic nitrogens is 1. The maximum Gasteiger partial charge on any atom is 0.243 e. The molecule has 3 aromatic rings. The van der Waals surface area contributed by atoms with Gasteiger partial charge < -0.3 is 20.9 Å². The summed E-state index contributed by atoms with van der Waals surface area (Å²) in [5.41, 5.74) is 3.50. The first kappa shape index (κ1) is 23.1. The molecule has 7 nitrogen and oxygen atoms in total. The van der Waals surface area contributed by atoms with Gasteiger partial charge in [0.2, 0.25) is 17.7 Å². The van der Waals surface area contributed by atoms with Gasteiger partial charge in [0.25, 0.3) is 0 Å². The zero-order chi connectivity index (χ0) is 23.1. The molecular formula is C25H30N4O3. The van der Waals surface area contributed by atoms with E-state index in [9.17, 15) is 14.4 Å². The molecule has 0 fully saturated rings. The van der Waals surface area contributed by atoms with E-state index in [1.165, 1.54) is 6.92 Å². The van der Waals surface area contributed by atoms with Crippen molar-refractivity contribution in [3.8, 4) is 0 Å². The molecule has 4 N–H and O–H groups in total. The first-order valence-electron chi connectivity index (χ1n) is 10.8. The normalized spacial score (nSPS) is 11.9. The molecule has 168 valence electrons. The molecule has 3 rings (SSSR count). The van der Waals surface area contributed by atoms with E-state index < -0.39 is 6.04 Å². The molecule has 1 unspecified atom stereocenters. The SMILES string of the molecule is CC(=O)NC(Cc1c[nH]c2ccccc12)C(=O)NCc1cccc(NC(=O)CC(C)C)c1. The van der Waals surface area contributed by atoms with Crippen molar-refractivity contribution in [2.24, 2.45) is 5.92 Å². The van der Waals surface area contributed by atoms with Gasteiger partial charge >= 0.3 is 0 Å². The Morgan fingerprint density at radius 1 is 1.03 bits per heavy atom. The number of amides is 3. The van der Waals surface area contributed by atoms with Gasteiger partial charge in [-0.05, 0) is 35.2 Å². The molecule has 0 spiro atoms. The van der Waals surface area contributed by atoms with Crippen LogP contribution in [-0.2, 0) is 27.3 Å². The molecule has 0 bridgehead atoms. The number of hydrogen-bond donors (Lipinski definition) is 4. The molecule has 3 amide bonds. The Kier molecular flexibility index (Phi) is 7.65. The molecule has 7 heteroatoms. The van der Waals surface area contributed by atoms with Gasteiger partial charge in [-0.1, -0.05) is 44.2 Å². The fourth-order valence-corrected chi connectivity index (χ4v) is 3.63. The maximum atomic E-state index is 12.9. The molecule has 32 heavy (non-hydrogen) atoms. The number of H-pyrrole nitrogens is 1. The summed E-state index contributed by atoms with van der Waals surface area (Å²) in [7, 11) is 0. The number of anilines is 1. The van der Waals surface area contributed by atoms with Gasteiger partial charge in [-0.3, -0.25) is 14.4 Å². The summed E-state index contributed by atoms with van der Waals surface area (Å²) in [6.45, 7) is 5.68. The Hall–Kier alpha value is -3.61. The summed E-state index contributed by atoms with van der Waals surface area (Å²) in [5, 5.41) is 9.57. The Labute approximate surface area is 188 Å². The number of carbonyl (C=O) groups is 3. The first-order valence-corrected chi connectivity index (χ1v) is 10.8. The third-order valence-corrected chi connectivity index (χ3v) is 5.06. The fourth-order valence-electron chi connectivity index (χ4n) is 3.63. The van der Waals surface area contributed by atoms with E-state index >= 15 is 0 Å². The van der Waals surface area contributed by atoms with Crippen molar-refractivity contribution in [2.75, 3.05) is 5.32 Å². The number of benzene rings is 2. The van der Waals surface area contributed by atoms with Gasteiger partial charge in [-0.15, -0.1) is 0 Å². The van der Waals surface area contributed by atoms with E-state index in [0.717, 1.165) is 22.0 Å². The highest BCUT2D eigenvalue weighted by Gasteiger charge is 2.21. The molecule has 0 aliphatic rings. The monoisotopic (exact) mass is 434 g/mol. The summed E-state index contributed by atoms with van der Waals surface area (Å²) < 4.78 is 0. The number of rotatable bonds is 9. The minimum atomic E-state index is -0.694. The lowest BCUT2D eigenvalue weighted by Gasteiger charge is -2.18. The number of carbonyl (C=O) groups excluding carboxylic acids is 3. The Morgan fingerprint density at radius 2 is 1.81 bits per heavy atom. The van der Waals surface area contributed by atoms with Crippen LogP contribution in [0.3, 0.4) is 0 Å². The molecule has 1 aromatic heterocycles. The average Bonchev–Trinajstić information content (AvgIpc) is 3.14. The van der Waals surface area contributed by atoms with Crippen LogP contribution in [-0.4, -0.2) is 28.7 Å². The number of fused-ring (bicyclic) bond motifs is 1. The number of para-hydroxylation sites is 1. The van der Waals surface area contributed by atoms with Gasteiger partial charge in [0.15, 0.2) is 0 Å². The molecular weight excluding hydrogens is 404 g/mol. The zero-order valence-corrected chi connectivity index (χ0v) is 18.7. The molecule has 0 aliphatic heterocycles. The highest BCUT2D eigenvalue weighted by atomic mass is 16.2. The van der Waals surface area contributed by atoms with Crippen LogP contribution in [0, 0.1) is 5.92 Å². The van der Waals surface area contributed by atoms with E-state index in [0.29, 0.717) is 18.5 Å². The first-order chi connectivity index (χ1) is 15.3. The lowest BCUT2D eigenvalue weighted by atomic mass is 10.0. The van der Waals surface area contributed by atoms with Gasteiger partial charge in [0.1, 0.15) is 6.04 Å². The maximum absolute atomic E-state index is 12.9. The van der Waals surface area contributed by atoms with Crippen LogP contribution >= 0.6 is 0 Å². The standard InChI is InChI=1S/C25H30N4O3/c1-16(2)11-24(31)29-20-8-6-7-18(12-20)14-27-25(32)23(28-17(3)30)13-19-15-26-22-10-5-4-9-21(19)22/h4-10,12,15-16,23,26H,11,13-14H2,1-3H3,(H,27,32)(H,28,30)(H,29,31).